The topological polar surface area (TPSA) is 86.0 Å². The van der Waals surface area contributed by atoms with E-state index in [2.05, 4.69) is 41.1 Å². The van der Waals surface area contributed by atoms with Gasteiger partial charge in [-0.05, 0) is 13.8 Å². The molecule has 0 aliphatic rings. The molecule has 0 aliphatic carbocycles. The lowest BCUT2D eigenvalue weighted by atomic mass is 10.3. The van der Waals surface area contributed by atoms with Gasteiger partial charge in [0.2, 0.25) is 5.95 Å². The lowest BCUT2D eigenvalue weighted by Gasteiger charge is -2.17. The SMILES string of the molecule is CC(C)Oc1nc(NN)nc(SC(C)(C)C)n1. The Morgan fingerprint density at radius 3 is 2.35 bits per heavy atom. The Balaban J connectivity index is 2.97. The molecule has 0 unspecified atom stereocenters. The molecule has 1 heterocycles. The maximum atomic E-state index is 5.44. The van der Waals surface area contributed by atoms with Crippen LogP contribution in [-0.2, 0) is 0 Å². The van der Waals surface area contributed by atoms with Crippen molar-refractivity contribution in [2.45, 2.75) is 50.6 Å². The van der Waals surface area contributed by atoms with E-state index in [9.17, 15) is 0 Å². The van der Waals surface area contributed by atoms with Crippen LogP contribution in [0.1, 0.15) is 34.6 Å². The highest BCUT2D eigenvalue weighted by Gasteiger charge is 2.17. The van der Waals surface area contributed by atoms with Crippen molar-refractivity contribution in [1.29, 1.82) is 0 Å². The summed E-state index contributed by atoms with van der Waals surface area (Å²) >= 11 is 1.53. The zero-order chi connectivity index (χ0) is 13.1. The van der Waals surface area contributed by atoms with Crippen molar-refractivity contribution < 1.29 is 4.74 Å². The maximum absolute atomic E-state index is 5.44. The predicted octanol–water partition coefficient (Wildman–Crippen LogP) is 1.84. The number of hydrogen-bond acceptors (Lipinski definition) is 7. The first-order valence-electron chi connectivity index (χ1n) is 5.38. The van der Waals surface area contributed by atoms with Crippen LogP contribution in [-0.4, -0.2) is 25.8 Å². The van der Waals surface area contributed by atoms with E-state index in [0.29, 0.717) is 11.1 Å². The van der Waals surface area contributed by atoms with Gasteiger partial charge in [-0.25, -0.2) is 5.84 Å². The second kappa shape index (κ2) is 5.50. The molecule has 0 spiro atoms. The van der Waals surface area contributed by atoms with E-state index in [1.165, 1.54) is 11.8 Å². The molecule has 0 radical (unpaired) electrons. The van der Waals surface area contributed by atoms with Gasteiger partial charge in [0.1, 0.15) is 0 Å². The normalized spacial score (nSPS) is 11.7. The van der Waals surface area contributed by atoms with E-state index in [-0.39, 0.29) is 16.9 Å². The number of anilines is 1. The number of nitrogens with one attached hydrogen (secondary N) is 1. The fraction of sp³-hybridized carbons (Fsp3) is 0.700. The average Bonchev–Trinajstić information content (AvgIpc) is 2.13. The van der Waals surface area contributed by atoms with Crippen LogP contribution in [0.3, 0.4) is 0 Å². The van der Waals surface area contributed by atoms with E-state index >= 15 is 0 Å². The van der Waals surface area contributed by atoms with Crippen molar-refractivity contribution in [3.05, 3.63) is 0 Å². The largest absolute Gasteiger partial charge is 0.461 e. The van der Waals surface area contributed by atoms with Gasteiger partial charge >= 0.3 is 6.01 Å². The molecule has 3 N–H and O–H groups in total. The quantitative estimate of drug-likeness (QED) is 0.483. The summed E-state index contributed by atoms with van der Waals surface area (Å²) in [5.41, 5.74) is 2.41. The van der Waals surface area contributed by atoms with Crippen molar-refractivity contribution in [2.75, 3.05) is 5.43 Å². The molecule has 0 saturated carbocycles. The third-order valence-corrected chi connectivity index (χ3v) is 2.44. The number of nitrogens with two attached hydrogens (primary N) is 1. The van der Waals surface area contributed by atoms with Crippen LogP contribution in [0.4, 0.5) is 5.95 Å². The Bertz CT molecular complexity index is 377. The van der Waals surface area contributed by atoms with Crippen molar-refractivity contribution in [2.24, 2.45) is 5.84 Å². The molecule has 0 atom stereocenters. The van der Waals surface area contributed by atoms with Gasteiger partial charge < -0.3 is 4.74 Å². The van der Waals surface area contributed by atoms with Crippen molar-refractivity contribution >= 4 is 17.7 Å². The van der Waals surface area contributed by atoms with Crippen molar-refractivity contribution in [1.82, 2.24) is 15.0 Å². The van der Waals surface area contributed by atoms with Crippen LogP contribution in [0.25, 0.3) is 0 Å². The second-order valence-corrected chi connectivity index (χ2v) is 6.54. The Hall–Kier alpha value is -1.08. The second-order valence-electron chi connectivity index (χ2n) is 4.75. The van der Waals surface area contributed by atoms with Gasteiger partial charge in [0.25, 0.3) is 0 Å². The molecular weight excluding hydrogens is 238 g/mol. The van der Waals surface area contributed by atoms with Crippen molar-refractivity contribution in [3.63, 3.8) is 0 Å². The number of rotatable bonds is 4. The summed E-state index contributed by atoms with van der Waals surface area (Å²) in [5.74, 6) is 5.62. The zero-order valence-corrected chi connectivity index (χ0v) is 11.6. The van der Waals surface area contributed by atoms with Crippen molar-refractivity contribution in [3.8, 4) is 6.01 Å². The van der Waals surface area contributed by atoms with Gasteiger partial charge in [-0.2, -0.15) is 15.0 Å². The molecule has 7 heteroatoms. The molecule has 0 amide bonds. The Morgan fingerprint density at radius 2 is 1.88 bits per heavy atom. The summed E-state index contributed by atoms with van der Waals surface area (Å²) < 4.78 is 5.46. The van der Waals surface area contributed by atoms with Gasteiger partial charge in [-0.3, -0.25) is 5.43 Å². The monoisotopic (exact) mass is 257 g/mol. The minimum Gasteiger partial charge on any atom is -0.461 e. The van der Waals surface area contributed by atoms with Crippen LogP contribution >= 0.6 is 11.8 Å². The van der Waals surface area contributed by atoms with Gasteiger partial charge in [0.15, 0.2) is 5.16 Å². The highest BCUT2D eigenvalue weighted by atomic mass is 32.2. The first-order valence-corrected chi connectivity index (χ1v) is 6.20. The first-order chi connectivity index (χ1) is 7.80. The van der Waals surface area contributed by atoms with Gasteiger partial charge in [-0.15, -0.1) is 0 Å². The van der Waals surface area contributed by atoms with E-state index in [1.54, 1.807) is 0 Å². The number of thioether (sulfide) groups is 1. The van der Waals surface area contributed by atoms with Gasteiger partial charge in [0, 0.05) is 4.75 Å². The molecule has 17 heavy (non-hydrogen) atoms. The van der Waals surface area contributed by atoms with E-state index in [0.717, 1.165) is 0 Å². The minimum absolute atomic E-state index is 0.00973. The van der Waals surface area contributed by atoms with Gasteiger partial charge in [-0.1, -0.05) is 32.5 Å². The number of hydrogen-bond donors (Lipinski definition) is 2. The molecule has 0 bridgehead atoms. The summed E-state index contributed by atoms with van der Waals surface area (Å²) in [4.78, 5) is 12.4. The van der Waals surface area contributed by atoms with E-state index in [1.807, 2.05) is 13.8 Å². The molecule has 1 rings (SSSR count). The summed E-state index contributed by atoms with van der Waals surface area (Å²) in [5, 5.41) is 0.594. The van der Waals surface area contributed by atoms with Crippen LogP contribution in [0.5, 0.6) is 6.01 Å². The molecule has 96 valence electrons. The first kappa shape index (κ1) is 14.0. The Morgan fingerprint density at radius 1 is 1.24 bits per heavy atom. The molecular formula is C10H19N5OS. The van der Waals surface area contributed by atoms with Crippen LogP contribution in [0.15, 0.2) is 5.16 Å². The third-order valence-electron chi connectivity index (χ3n) is 1.46. The number of ether oxygens (including phenoxy) is 1. The minimum atomic E-state index is 0.00973. The number of aromatic nitrogens is 3. The fourth-order valence-electron chi connectivity index (χ4n) is 0.986. The Labute approximate surface area is 106 Å². The zero-order valence-electron chi connectivity index (χ0n) is 10.8. The van der Waals surface area contributed by atoms with E-state index < -0.39 is 0 Å². The van der Waals surface area contributed by atoms with Gasteiger partial charge in [0.05, 0.1) is 6.10 Å². The average molecular weight is 257 g/mol. The van der Waals surface area contributed by atoms with Crippen LogP contribution in [0.2, 0.25) is 0 Å². The molecule has 0 fully saturated rings. The molecule has 0 aliphatic heterocycles. The lowest BCUT2D eigenvalue weighted by Crippen LogP contribution is -2.16. The molecule has 6 nitrogen and oxygen atoms in total. The number of nitrogens with zero attached hydrogens (tertiary/aromatic N) is 3. The maximum Gasteiger partial charge on any atom is 0.322 e. The smallest absolute Gasteiger partial charge is 0.322 e. The summed E-state index contributed by atoms with van der Waals surface area (Å²) in [6.45, 7) is 10.1. The number of nitrogen functional groups attached to an aromatic ring is 1. The van der Waals surface area contributed by atoms with Crippen LogP contribution < -0.4 is 16.0 Å². The summed E-state index contributed by atoms with van der Waals surface area (Å²) in [7, 11) is 0. The summed E-state index contributed by atoms with van der Waals surface area (Å²) in [6, 6.07) is 0.287. The highest BCUT2D eigenvalue weighted by molar-refractivity contribution is 8.00. The predicted molar refractivity (Wildman–Crippen MR) is 69.0 cm³/mol. The third kappa shape index (κ3) is 5.18. The molecule has 0 aromatic carbocycles. The molecule has 1 aromatic rings. The highest BCUT2D eigenvalue weighted by Crippen LogP contribution is 2.30. The molecule has 0 saturated heterocycles. The lowest BCUT2D eigenvalue weighted by molar-refractivity contribution is 0.219. The number of hydrazine groups is 1. The van der Waals surface area contributed by atoms with E-state index in [4.69, 9.17) is 10.6 Å². The standard InChI is InChI=1S/C10H19N5OS/c1-6(2)16-8-12-7(15-11)13-9(14-8)17-10(3,4)5/h6H,11H2,1-5H3,(H,12,13,14,15). The Kier molecular flexibility index (Phi) is 4.53. The summed E-state index contributed by atoms with van der Waals surface area (Å²) in [6.07, 6.45) is 0.00973. The van der Waals surface area contributed by atoms with Crippen LogP contribution in [0, 0.1) is 0 Å². The molecule has 1 aromatic heterocycles. The fourth-order valence-corrected chi connectivity index (χ4v) is 1.79.